The lowest BCUT2D eigenvalue weighted by Gasteiger charge is -2.27. The van der Waals surface area contributed by atoms with Gasteiger partial charge in [0.1, 0.15) is 13.1 Å². The average Bonchev–Trinajstić information content (AvgIpc) is 2.99. The van der Waals surface area contributed by atoms with Crippen LogP contribution in [0.1, 0.15) is 18.4 Å². The van der Waals surface area contributed by atoms with Crippen molar-refractivity contribution in [2.24, 2.45) is 0 Å². The van der Waals surface area contributed by atoms with E-state index in [1.165, 1.54) is 36.4 Å². The number of anilines is 2. The molecule has 1 saturated heterocycles. The normalized spacial score (nSPS) is 13.6. The molecule has 0 saturated carbocycles. The molecule has 228 valence electrons. The molecule has 0 aliphatic carbocycles. The molecule has 0 aromatic heterocycles. The van der Waals surface area contributed by atoms with Crippen molar-refractivity contribution in [3.8, 4) is 0 Å². The van der Waals surface area contributed by atoms with Gasteiger partial charge in [0, 0.05) is 36.5 Å². The fourth-order valence-electron chi connectivity index (χ4n) is 4.58. The molecular weight excluding hydrogens is 596 g/mol. The predicted octanol–water partition coefficient (Wildman–Crippen LogP) is 3.99. The van der Waals surface area contributed by atoms with E-state index in [0.717, 1.165) is 14.8 Å². The largest absolute Gasteiger partial charge is 0.465 e. The quantitative estimate of drug-likeness (QED) is 0.275. The second kappa shape index (κ2) is 14.9. The van der Waals surface area contributed by atoms with E-state index in [9.17, 15) is 27.9 Å². The zero-order valence-corrected chi connectivity index (χ0v) is 24.9. The Balaban J connectivity index is 1.49. The van der Waals surface area contributed by atoms with E-state index in [4.69, 9.17) is 16.3 Å². The number of nitrogens with zero attached hydrogens (tertiary/aromatic N) is 2. The number of halogens is 1. The SMILES string of the molecule is O=C(CN(CCc1ccccc1)C(=O)O)Nc1cccc(S(=O)(=O)N(CC(=O)NC2CCOCC2)c2cccc(Cl)c2)c1. The fourth-order valence-corrected chi connectivity index (χ4v) is 6.22. The third-order valence-corrected chi connectivity index (χ3v) is 8.80. The maximum absolute atomic E-state index is 13.9. The second-order valence-corrected chi connectivity index (χ2v) is 12.3. The van der Waals surface area contributed by atoms with Gasteiger partial charge in [0.15, 0.2) is 0 Å². The molecule has 43 heavy (non-hydrogen) atoms. The first kappa shape index (κ1) is 31.8. The van der Waals surface area contributed by atoms with Crippen molar-refractivity contribution < 1.29 is 32.6 Å². The van der Waals surface area contributed by atoms with Crippen LogP contribution in [0.3, 0.4) is 0 Å². The van der Waals surface area contributed by atoms with Gasteiger partial charge in [-0.3, -0.25) is 18.8 Å². The van der Waals surface area contributed by atoms with Crippen LogP contribution >= 0.6 is 11.6 Å². The molecular formula is C30H33ClN4O7S. The van der Waals surface area contributed by atoms with E-state index in [0.29, 0.717) is 37.5 Å². The highest BCUT2D eigenvalue weighted by molar-refractivity contribution is 7.92. The van der Waals surface area contributed by atoms with Crippen LogP contribution in [0.15, 0.2) is 83.8 Å². The Morgan fingerprint density at radius 3 is 2.33 bits per heavy atom. The van der Waals surface area contributed by atoms with Crippen LogP contribution in [-0.2, 0) is 30.8 Å². The zero-order valence-electron chi connectivity index (χ0n) is 23.3. The van der Waals surface area contributed by atoms with Crippen LogP contribution < -0.4 is 14.9 Å². The monoisotopic (exact) mass is 628 g/mol. The standard InChI is InChI=1S/C30H33ClN4O7S/c31-23-8-4-10-26(18-23)35(21-29(37)32-24-13-16-42-17-14-24)43(40,41)27-11-5-9-25(19-27)33-28(36)20-34(30(38)39)15-12-22-6-2-1-3-7-22/h1-11,18-19,24H,12-17,20-21H2,(H,32,37)(H,33,36)(H,38,39). The van der Waals surface area contributed by atoms with Gasteiger partial charge in [-0.25, -0.2) is 13.2 Å². The maximum Gasteiger partial charge on any atom is 0.407 e. The molecule has 3 N–H and O–H groups in total. The third-order valence-electron chi connectivity index (χ3n) is 6.79. The second-order valence-electron chi connectivity index (χ2n) is 9.96. The topological polar surface area (TPSA) is 145 Å². The number of sulfonamides is 1. The summed E-state index contributed by atoms with van der Waals surface area (Å²) in [6, 6.07) is 20.9. The van der Waals surface area contributed by atoms with Gasteiger partial charge in [-0.1, -0.05) is 54.1 Å². The van der Waals surface area contributed by atoms with Crippen LogP contribution in [0, 0.1) is 0 Å². The number of amides is 3. The number of hydrogen-bond donors (Lipinski definition) is 3. The highest BCUT2D eigenvalue weighted by Crippen LogP contribution is 2.27. The summed E-state index contributed by atoms with van der Waals surface area (Å²) in [6.45, 7) is 0.186. The van der Waals surface area contributed by atoms with E-state index in [-0.39, 0.29) is 28.9 Å². The van der Waals surface area contributed by atoms with E-state index < -0.39 is 41.0 Å². The summed E-state index contributed by atoms with van der Waals surface area (Å²) in [6.07, 6.45) is 0.431. The van der Waals surface area contributed by atoms with Crippen molar-refractivity contribution in [3.05, 3.63) is 89.4 Å². The van der Waals surface area contributed by atoms with Gasteiger partial charge in [-0.15, -0.1) is 0 Å². The molecule has 0 bridgehead atoms. The van der Waals surface area contributed by atoms with Gasteiger partial charge in [0.25, 0.3) is 10.0 Å². The van der Waals surface area contributed by atoms with Crippen molar-refractivity contribution in [2.75, 3.05) is 42.5 Å². The van der Waals surface area contributed by atoms with Gasteiger partial charge in [0.05, 0.1) is 10.6 Å². The number of nitrogens with one attached hydrogen (secondary N) is 2. The molecule has 3 aromatic carbocycles. The highest BCUT2D eigenvalue weighted by atomic mass is 35.5. The molecule has 1 fully saturated rings. The number of hydrogen-bond acceptors (Lipinski definition) is 6. The summed E-state index contributed by atoms with van der Waals surface area (Å²) in [7, 11) is -4.31. The number of carbonyl (C=O) groups excluding carboxylic acids is 2. The number of rotatable bonds is 12. The molecule has 11 nitrogen and oxygen atoms in total. The van der Waals surface area contributed by atoms with Crippen LogP contribution in [-0.4, -0.2) is 75.2 Å². The van der Waals surface area contributed by atoms with Crippen molar-refractivity contribution in [1.82, 2.24) is 10.2 Å². The van der Waals surface area contributed by atoms with Gasteiger partial charge < -0.3 is 20.5 Å². The van der Waals surface area contributed by atoms with Crippen LogP contribution in [0.25, 0.3) is 0 Å². The molecule has 0 spiro atoms. The van der Waals surface area contributed by atoms with Crippen molar-refractivity contribution >= 4 is 50.9 Å². The van der Waals surface area contributed by atoms with Crippen molar-refractivity contribution in [3.63, 3.8) is 0 Å². The minimum Gasteiger partial charge on any atom is -0.465 e. The molecule has 1 aliphatic heterocycles. The summed E-state index contributed by atoms with van der Waals surface area (Å²) < 4.78 is 34.0. The Kier molecular flexibility index (Phi) is 11.0. The number of carbonyl (C=O) groups is 3. The summed E-state index contributed by atoms with van der Waals surface area (Å²) >= 11 is 6.15. The Labute approximate surface area is 255 Å². The molecule has 1 heterocycles. The molecule has 0 radical (unpaired) electrons. The first-order chi connectivity index (χ1) is 20.6. The predicted molar refractivity (Wildman–Crippen MR) is 163 cm³/mol. The summed E-state index contributed by atoms with van der Waals surface area (Å²) in [5.41, 5.74) is 1.27. The minimum atomic E-state index is -4.31. The lowest BCUT2D eigenvalue weighted by atomic mass is 10.1. The molecule has 4 rings (SSSR count). The number of carboxylic acid groups (broad SMARTS) is 1. The zero-order chi connectivity index (χ0) is 30.8. The van der Waals surface area contributed by atoms with Crippen LogP contribution in [0.4, 0.5) is 16.2 Å². The Hall–Kier alpha value is -4.13. The lowest BCUT2D eigenvalue weighted by Crippen LogP contribution is -2.46. The molecule has 3 aromatic rings. The molecule has 3 amide bonds. The molecule has 1 aliphatic rings. The third kappa shape index (κ3) is 9.18. The van der Waals surface area contributed by atoms with Crippen LogP contribution in [0.2, 0.25) is 5.02 Å². The summed E-state index contributed by atoms with van der Waals surface area (Å²) in [5, 5.41) is 15.3. The van der Waals surface area contributed by atoms with E-state index in [1.807, 2.05) is 30.3 Å². The number of ether oxygens (including phenoxy) is 1. The van der Waals surface area contributed by atoms with Gasteiger partial charge >= 0.3 is 6.09 Å². The molecule has 0 atom stereocenters. The van der Waals surface area contributed by atoms with E-state index in [1.54, 1.807) is 12.1 Å². The molecule has 0 unspecified atom stereocenters. The van der Waals surface area contributed by atoms with Crippen molar-refractivity contribution in [1.29, 1.82) is 0 Å². The highest BCUT2D eigenvalue weighted by Gasteiger charge is 2.29. The van der Waals surface area contributed by atoms with Crippen LogP contribution in [0.5, 0.6) is 0 Å². The summed E-state index contributed by atoms with van der Waals surface area (Å²) in [5.74, 6) is -1.11. The average molecular weight is 629 g/mol. The van der Waals surface area contributed by atoms with Crippen molar-refractivity contribution in [2.45, 2.75) is 30.2 Å². The minimum absolute atomic E-state index is 0.103. The molecule has 13 heteroatoms. The van der Waals surface area contributed by atoms with Gasteiger partial charge in [-0.05, 0) is 61.2 Å². The lowest BCUT2D eigenvalue weighted by molar-refractivity contribution is -0.121. The first-order valence-corrected chi connectivity index (χ1v) is 15.5. The van der Waals surface area contributed by atoms with Gasteiger partial charge in [0.2, 0.25) is 11.8 Å². The smallest absolute Gasteiger partial charge is 0.407 e. The maximum atomic E-state index is 13.9. The fraction of sp³-hybridized carbons (Fsp3) is 0.300. The first-order valence-electron chi connectivity index (χ1n) is 13.7. The summed E-state index contributed by atoms with van der Waals surface area (Å²) in [4.78, 5) is 38.3. The van der Waals surface area contributed by atoms with E-state index >= 15 is 0 Å². The Morgan fingerprint density at radius 2 is 1.63 bits per heavy atom. The number of benzene rings is 3. The Bertz CT molecular complexity index is 1530. The van der Waals surface area contributed by atoms with E-state index in [2.05, 4.69) is 10.6 Å². The van der Waals surface area contributed by atoms with Gasteiger partial charge in [-0.2, -0.15) is 0 Å². The Morgan fingerprint density at radius 1 is 0.907 bits per heavy atom.